The third kappa shape index (κ3) is 3.20. The summed E-state index contributed by atoms with van der Waals surface area (Å²) >= 11 is 5.62. The van der Waals surface area contributed by atoms with Crippen molar-refractivity contribution in [2.24, 2.45) is 0 Å². The van der Waals surface area contributed by atoms with Gasteiger partial charge in [-0.3, -0.25) is 4.79 Å². The number of hydrogen-bond acceptors (Lipinski definition) is 1. The average Bonchev–Trinajstić information content (AvgIpc) is 2.31. The van der Waals surface area contributed by atoms with Gasteiger partial charge < -0.3 is 0 Å². The molecular formula is C15H16ClFO. The first kappa shape index (κ1) is 13.3. The van der Waals surface area contributed by atoms with Gasteiger partial charge in [-0.2, -0.15) is 0 Å². The van der Waals surface area contributed by atoms with Crippen molar-refractivity contribution in [3.63, 3.8) is 0 Å². The van der Waals surface area contributed by atoms with Gasteiger partial charge >= 0.3 is 0 Å². The van der Waals surface area contributed by atoms with Crippen LogP contribution in [0.5, 0.6) is 0 Å². The fraction of sp³-hybridized carbons (Fsp3) is 0.400. The molecule has 0 spiro atoms. The molecule has 0 heterocycles. The maximum Gasteiger partial charge on any atom is 0.188 e. The van der Waals surface area contributed by atoms with E-state index in [9.17, 15) is 9.18 Å². The van der Waals surface area contributed by atoms with Gasteiger partial charge in [0.05, 0.1) is 5.02 Å². The first-order valence-corrected chi connectivity index (χ1v) is 6.75. The van der Waals surface area contributed by atoms with Crippen LogP contribution in [0.15, 0.2) is 29.8 Å². The molecule has 0 amide bonds. The van der Waals surface area contributed by atoms with E-state index in [4.69, 9.17) is 11.6 Å². The predicted octanol–water partition coefficient (Wildman–Crippen LogP) is 4.94. The smallest absolute Gasteiger partial charge is 0.188 e. The van der Waals surface area contributed by atoms with Gasteiger partial charge in [0, 0.05) is 5.56 Å². The number of hydrogen-bond donors (Lipinski definition) is 0. The minimum atomic E-state index is -0.533. The Kier molecular flexibility index (Phi) is 4.54. The molecule has 0 bridgehead atoms. The fourth-order valence-electron chi connectivity index (χ4n) is 2.22. The van der Waals surface area contributed by atoms with Crippen molar-refractivity contribution >= 4 is 17.4 Å². The number of carbonyl (C=O) groups excluding carboxylic acids is 1. The molecule has 0 aliphatic heterocycles. The molecule has 0 saturated heterocycles. The van der Waals surface area contributed by atoms with Crippen LogP contribution in [0.4, 0.5) is 4.39 Å². The van der Waals surface area contributed by atoms with Gasteiger partial charge in [-0.15, -0.1) is 0 Å². The van der Waals surface area contributed by atoms with E-state index in [2.05, 4.69) is 0 Å². The molecule has 0 aromatic heterocycles. The van der Waals surface area contributed by atoms with Crippen molar-refractivity contribution in [2.45, 2.75) is 38.5 Å². The van der Waals surface area contributed by atoms with E-state index in [0.29, 0.717) is 5.56 Å². The summed E-state index contributed by atoms with van der Waals surface area (Å²) in [6, 6.07) is 4.26. The highest BCUT2D eigenvalue weighted by Gasteiger charge is 2.14. The van der Waals surface area contributed by atoms with E-state index in [0.717, 1.165) is 31.3 Å². The van der Waals surface area contributed by atoms with Crippen LogP contribution in [0.2, 0.25) is 5.02 Å². The highest BCUT2D eigenvalue weighted by Crippen LogP contribution is 2.22. The van der Waals surface area contributed by atoms with Crippen LogP contribution in [0, 0.1) is 5.82 Å². The molecule has 0 fully saturated rings. The van der Waals surface area contributed by atoms with E-state index in [1.807, 2.05) is 6.08 Å². The number of halogens is 2. The maximum atomic E-state index is 13.3. The van der Waals surface area contributed by atoms with Crippen LogP contribution < -0.4 is 0 Å². The normalized spacial score (nSPS) is 19.6. The van der Waals surface area contributed by atoms with Crippen molar-refractivity contribution in [2.75, 3.05) is 0 Å². The van der Waals surface area contributed by atoms with Gasteiger partial charge in [-0.05, 0) is 49.5 Å². The Balaban J connectivity index is 2.21. The molecule has 0 radical (unpaired) electrons. The van der Waals surface area contributed by atoms with Gasteiger partial charge in [0.2, 0.25) is 0 Å². The summed E-state index contributed by atoms with van der Waals surface area (Å²) in [6.45, 7) is 0. The highest BCUT2D eigenvalue weighted by atomic mass is 35.5. The number of ketones is 1. The SMILES string of the molecule is O=C(/C1=C/CCCCCC1)c1ccc(Cl)c(F)c1. The van der Waals surface area contributed by atoms with Gasteiger partial charge in [0.25, 0.3) is 0 Å². The van der Waals surface area contributed by atoms with Gasteiger partial charge in [-0.25, -0.2) is 4.39 Å². The van der Waals surface area contributed by atoms with Crippen LogP contribution in [-0.4, -0.2) is 5.78 Å². The summed E-state index contributed by atoms with van der Waals surface area (Å²) in [5.41, 5.74) is 1.21. The standard InChI is InChI=1S/C15H16ClFO/c16-13-9-8-12(10-14(13)17)15(18)11-6-4-2-1-3-5-7-11/h6,8-10H,1-5,7H2/b11-6+. The molecule has 96 valence electrons. The van der Waals surface area contributed by atoms with E-state index < -0.39 is 5.82 Å². The zero-order valence-electron chi connectivity index (χ0n) is 10.2. The molecule has 2 rings (SSSR count). The molecule has 1 nitrogen and oxygen atoms in total. The van der Waals surface area contributed by atoms with Crippen LogP contribution in [0.25, 0.3) is 0 Å². The summed E-state index contributed by atoms with van der Waals surface area (Å²) < 4.78 is 13.3. The lowest BCUT2D eigenvalue weighted by Crippen LogP contribution is -2.05. The Labute approximate surface area is 112 Å². The largest absolute Gasteiger partial charge is 0.289 e. The third-order valence-electron chi connectivity index (χ3n) is 3.26. The second-order valence-electron chi connectivity index (χ2n) is 4.64. The van der Waals surface area contributed by atoms with Crippen LogP contribution in [-0.2, 0) is 0 Å². The summed E-state index contributed by atoms with van der Waals surface area (Å²) in [4.78, 5) is 12.3. The van der Waals surface area contributed by atoms with E-state index in [1.54, 1.807) is 6.07 Å². The van der Waals surface area contributed by atoms with Crippen molar-refractivity contribution in [3.05, 3.63) is 46.3 Å². The van der Waals surface area contributed by atoms with E-state index in [1.165, 1.54) is 25.0 Å². The lowest BCUT2D eigenvalue weighted by atomic mass is 9.94. The first-order chi connectivity index (χ1) is 8.68. The van der Waals surface area contributed by atoms with Gasteiger partial charge in [-0.1, -0.05) is 30.5 Å². The first-order valence-electron chi connectivity index (χ1n) is 6.37. The van der Waals surface area contributed by atoms with Crippen molar-refractivity contribution in [1.29, 1.82) is 0 Å². The molecular weight excluding hydrogens is 251 g/mol. The maximum absolute atomic E-state index is 13.3. The molecule has 0 saturated carbocycles. The Hall–Kier alpha value is -1.15. The van der Waals surface area contributed by atoms with Crippen molar-refractivity contribution < 1.29 is 9.18 Å². The van der Waals surface area contributed by atoms with Crippen LogP contribution in [0.3, 0.4) is 0 Å². The average molecular weight is 267 g/mol. The second kappa shape index (κ2) is 6.14. The quantitative estimate of drug-likeness (QED) is 0.693. The molecule has 18 heavy (non-hydrogen) atoms. The third-order valence-corrected chi connectivity index (χ3v) is 3.57. The zero-order valence-corrected chi connectivity index (χ0v) is 11.0. The number of Topliss-reactive ketones (excluding diaryl/α,β-unsaturated/α-hetero) is 1. The monoisotopic (exact) mass is 266 g/mol. The Morgan fingerprint density at radius 3 is 2.72 bits per heavy atom. The Morgan fingerprint density at radius 1 is 1.17 bits per heavy atom. The number of carbonyl (C=O) groups is 1. The predicted molar refractivity (Wildman–Crippen MR) is 71.5 cm³/mol. The van der Waals surface area contributed by atoms with Crippen LogP contribution >= 0.6 is 11.6 Å². The molecule has 1 aromatic rings. The Morgan fingerprint density at radius 2 is 1.94 bits per heavy atom. The van der Waals surface area contributed by atoms with Crippen molar-refractivity contribution in [3.8, 4) is 0 Å². The lowest BCUT2D eigenvalue weighted by Gasteiger charge is -2.10. The minimum absolute atomic E-state index is 0.0539. The number of allylic oxidation sites excluding steroid dienone is 2. The Bertz CT molecular complexity index is 479. The molecule has 0 atom stereocenters. The van der Waals surface area contributed by atoms with Gasteiger partial charge in [0.15, 0.2) is 5.78 Å². The zero-order chi connectivity index (χ0) is 13.0. The molecule has 0 unspecified atom stereocenters. The van der Waals surface area contributed by atoms with E-state index in [-0.39, 0.29) is 10.8 Å². The molecule has 3 heteroatoms. The molecule has 1 aromatic carbocycles. The van der Waals surface area contributed by atoms with Crippen LogP contribution in [0.1, 0.15) is 48.9 Å². The highest BCUT2D eigenvalue weighted by molar-refractivity contribution is 6.30. The summed E-state index contributed by atoms with van der Waals surface area (Å²) in [5, 5.41) is 0.0539. The second-order valence-corrected chi connectivity index (χ2v) is 5.05. The van der Waals surface area contributed by atoms with E-state index >= 15 is 0 Å². The van der Waals surface area contributed by atoms with Gasteiger partial charge in [0.1, 0.15) is 5.82 Å². The molecule has 0 N–H and O–H groups in total. The summed E-state index contributed by atoms with van der Waals surface area (Å²) in [5.74, 6) is -0.596. The summed E-state index contributed by atoms with van der Waals surface area (Å²) in [6.07, 6.45) is 8.31. The van der Waals surface area contributed by atoms with Crippen molar-refractivity contribution in [1.82, 2.24) is 0 Å². The number of benzene rings is 1. The molecule has 1 aliphatic carbocycles. The lowest BCUT2D eigenvalue weighted by molar-refractivity contribution is 0.102. The summed E-state index contributed by atoms with van der Waals surface area (Å²) in [7, 11) is 0. The topological polar surface area (TPSA) is 17.1 Å². The fourth-order valence-corrected chi connectivity index (χ4v) is 2.34. The minimum Gasteiger partial charge on any atom is -0.289 e. The number of rotatable bonds is 2. The molecule has 1 aliphatic rings.